The minimum Gasteiger partial charge on any atom is -0.741 e. The van der Waals surface area contributed by atoms with E-state index in [4.69, 9.17) is 25.9 Å². The SMILES string of the molecule is Cc1[nH]c2ccccc2c1/C=C/c1cc2ccccc2[n+]2c1-c1c(ccc3c1-c1cccc[n+]1CCC3)CCC2.O=S(=O)([O-])C(F)(F)F.O=S(=O)([O-])C(F)(F)F. The summed E-state index contributed by atoms with van der Waals surface area (Å²) in [4.78, 5) is 3.58. The molecule has 5 heterocycles. The van der Waals surface area contributed by atoms with Gasteiger partial charge >= 0.3 is 11.0 Å². The van der Waals surface area contributed by atoms with E-state index < -0.39 is 31.3 Å². The Balaban J connectivity index is 0.000000281. The number of nitrogens with one attached hydrogen (secondary N) is 1. The first-order valence-electron chi connectivity index (χ1n) is 17.2. The summed E-state index contributed by atoms with van der Waals surface area (Å²) >= 11 is 0. The Bertz CT molecular complexity index is 2670. The van der Waals surface area contributed by atoms with Crippen LogP contribution >= 0.6 is 0 Å². The van der Waals surface area contributed by atoms with Crippen molar-refractivity contribution in [3.63, 3.8) is 0 Å². The summed E-state index contributed by atoms with van der Waals surface area (Å²) in [5, 5.41) is 2.57. The van der Waals surface area contributed by atoms with Gasteiger partial charge in [0, 0.05) is 64.2 Å². The van der Waals surface area contributed by atoms with Crippen LogP contribution in [-0.4, -0.2) is 41.9 Å². The van der Waals surface area contributed by atoms with Crippen molar-refractivity contribution in [3.8, 4) is 22.5 Å². The molecule has 2 aliphatic heterocycles. The molecule has 0 radical (unpaired) electrons. The molecule has 8 rings (SSSR count). The zero-order chi connectivity index (χ0) is 40.6. The van der Waals surface area contributed by atoms with Gasteiger partial charge in [0.05, 0.1) is 11.1 Å². The van der Waals surface area contributed by atoms with Crippen LogP contribution in [0.5, 0.6) is 0 Å². The number of para-hydroxylation sites is 2. The Labute approximate surface area is 318 Å². The lowest BCUT2D eigenvalue weighted by molar-refractivity contribution is -0.686. The Hall–Kier alpha value is -5.10. The molecule has 3 aromatic carbocycles. The van der Waals surface area contributed by atoms with Gasteiger partial charge in [-0.05, 0) is 61.2 Å². The number of pyridine rings is 2. The number of halogens is 6. The van der Waals surface area contributed by atoms with E-state index in [1.165, 1.54) is 72.3 Å². The molecule has 2 aliphatic rings. The molecule has 0 amide bonds. The van der Waals surface area contributed by atoms with Gasteiger partial charge in [0.25, 0.3) is 0 Å². The number of fused-ring (bicyclic) bond motifs is 10. The largest absolute Gasteiger partial charge is 0.741 e. The number of nitrogens with zero attached hydrogens (tertiary/aromatic N) is 2. The zero-order valence-corrected chi connectivity index (χ0v) is 31.1. The third kappa shape index (κ3) is 8.35. The Morgan fingerprint density at radius 3 is 1.95 bits per heavy atom. The summed E-state index contributed by atoms with van der Waals surface area (Å²) in [6, 6.07) is 31.5. The summed E-state index contributed by atoms with van der Waals surface area (Å²) in [6.07, 6.45) is 11.5. The molecule has 0 aliphatic carbocycles. The van der Waals surface area contributed by atoms with Gasteiger partial charge in [0.2, 0.25) is 16.9 Å². The average Bonchev–Trinajstić information content (AvgIpc) is 3.23. The molecule has 17 heteroatoms. The summed E-state index contributed by atoms with van der Waals surface area (Å²) in [5.41, 5.74) is 3.47. The van der Waals surface area contributed by atoms with Gasteiger partial charge in [-0.15, -0.1) is 0 Å². The molecule has 0 atom stereocenters. The van der Waals surface area contributed by atoms with Crippen molar-refractivity contribution in [1.82, 2.24) is 4.98 Å². The van der Waals surface area contributed by atoms with Crippen molar-refractivity contribution in [3.05, 3.63) is 119 Å². The normalized spacial score (nSPS) is 14.3. The highest BCUT2D eigenvalue weighted by Crippen LogP contribution is 2.41. The van der Waals surface area contributed by atoms with Crippen LogP contribution in [0.25, 0.3) is 56.5 Å². The number of H-pyrrole nitrogens is 1. The van der Waals surface area contributed by atoms with E-state index in [-0.39, 0.29) is 0 Å². The molecular weight excluding hydrogens is 785 g/mol. The van der Waals surface area contributed by atoms with Crippen LogP contribution in [0.3, 0.4) is 0 Å². The summed E-state index contributed by atoms with van der Waals surface area (Å²) in [5.74, 6) is 0. The van der Waals surface area contributed by atoms with Crippen LogP contribution < -0.4 is 9.13 Å². The average molecular weight is 818 g/mol. The zero-order valence-electron chi connectivity index (χ0n) is 29.5. The monoisotopic (exact) mass is 817 g/mol. The van der Waals surface area contributed by atoms with E-state index in [0.717, 1.165) is 38.8 Å². The van der Waals surface area contributed by atoms with Crippen LogP contribution in [0.15, 0.2) is 91.1 Å². The first kappa shape index (κ1) is 40.6. The van der Waals surface area contributed by atoms with Crippen molar-refractivity contribution >= 4 is 54.2 Å². The highest BCUT2D eigenvalue weighted by Gasteiger charge is 2.38. The maximum absolute atomic E-state index is 10.7. The highest BCUT2D eigenvalue weighted by atomic mass is 32.2. The lowest BCUT2D eigenvalue weighted by Crippen LogP contribution is -2.38. The second-order valence-corrected chi connectivity index (χ2v) is 15.9. The third-order valence-corrected chi connectivity index (χ3v) is 10.6. The standard InChI is InChI=1S/C37H32N3.2CHF3O3S/c1-25-30(31-13-3-4-14-32(31)38-25)20-19-29-24-28-10-2-5-15-33(28)40-23-9-12-27-18-17-26-11-8-22-39-21-7-6-16-34(39)35(26)36(27)37(29)40;2*2-1(3,4)8(5,6)7/h2-7,10,13-21,24H,8-9,11-12,22-23H2,1H3;2*(H,5,6,7)/q+1;;/p-1. The lowest BCUT2D eigenvalue weighted by Gasteiger charge is -2.16. The van der Waals surface area contributed by atoms with Gasteiger partial charge in [0.15, 0.2) is 26.4 Å². The maximum Gasteiger partial charge on any atom is 0.485 e. The van der Waals surface area contributed by atoms with E-state index in [1.807, 2.05) is 0 Å². The number of aryl methyl sites for hydroxylation is 5. The summed E-state index contributed by atoms with van der Waals surface area (Å²) < 4.78 is 123. The van der Waals surface area contributed by atoms with E-state index in [0.29, 0.717) is 0 Å². The number of aromatic amines is 1. The van der Waals surface area contributed by atoms with E-state index in [9.17, 15) is 26.3 Å². The fourth-order valence-electron chi connectivity index (χ4n) is 7.13. The van der Waals surface area contributed by atoms with Gasteiger partial charge in [-0.1, -0.05) is 48.5 Å². The van der Waals surface area contributed by atoms with Crippen molar-refractivity contribution in [1.29, 1.82) is 0 Å². The molecule has 3 aromatic heterocycles. The first-order valence-corrected chi connectivity index (χ1v) is 20.0. The Morgan fingerprint density at radius 1 is 0.714 bits per heavy atom. The predicted octanol–water partition coefficient (Wildman–Crippen LogP) is 7.70. The molecule has 0 saturated heterocycles. The highest BCUT2D eigenvalue weighted by molar-refractivity contribution is 7.86. The van der Waals surface area contributed by atoms with Crippen LogP contribution in [0.1, 0.15) is 40.8 Å². The molecule has 56 heavy (non-hydrogen) atoms. The molecule has 9 nitrogen and oxygen atoms in total. The van der Waals surface area contributed by atoms with Gasteiger partial charge < -0.3 is 14.1 Å². The van der Waals surface area contributed by atoms with E-state index in [1.54, 1.807) is 0 Å². The smallest absolute Gasteiger partial charge is 0.485 e. The molecule has 0 spiro atoms. The Morgan fingerprint density at radius 2 is 1.29 bits per heavy atom. The van der Waals surface area contributed by atoms with Crippen molar-refractivity contribution in [2.75, 3.05) is 0 Å². The predicted molar refractivity (Wildman–Crippen MR) is 195 cm³/mol. The fraction of sp³-hybridized carbons (Fsp3) is 0.231. The van der Waals surface area contributed by atoms with Crippen molar-refractivity contribution in [2.24, 2.45) is 0 Å². The third-order valence-electron chi connectivity index (χ3n) is 9.51. The van der Waals surface area contributed by atoms with Crippen LogP contribution in [0.2, 0.25) is 0 Å². The lowest BCUT2D eigenvalue weighted by atomic mass is 9.87. The number of alkyl halides is 6. The summed E-state index contributed by atoms with van der Waals surface area (Å²) in [6.45, 7) is 4.25. The van der Waals surface area contributed by atoms with Crippen LogP contribution in [-0.2, 0) is 46.2 Å². The minimum atomic E-state index is -6.09. The van der Waals surface area contributed by atoms with Gasteiger partial charge in [0.1, 0.15) is 13.1 Å². The second-order valence-electron chi connectivity index (χ2n) is 13.1. The maximum atomic E-state index is 10.7. The number of hydrogen-bond acceptors (Lipinski definition) is 6. The Kier molecular flexibility index (Phi) is 11.2. The van der Waals surface area contributed by atoms with E-state index >= 15 is 0 Å². The van der Waals surface area contributed by atoms with Crippen LogP contribution in [0.4, 0.5) is 26.3 Å². The van der Waals surface area contributed by atoms with Crippen molar-refractivity contribution < 1.29 is 61.4 Å². The van der Waals surface area contributed by atoms with E-state index in [2.05, 4.69) is 124 Å². The molecule has 0 unspecified atom stereocenters. The molecule has 0 bridgehead atoms. The second kappa shape index (κ2) is 15.4. The molecule has 1 N–H and O–H groups in total. The minimum absolute atomic E-state index is 1.02. The quantitative estimate of drug-likeness (QED) is 0.0823. The molecule has 294 valence electrons. The van der Waals surface area contributed by atoms with Gasteiger partial charge in [-0.2, -0.15) is 35.5 Å². The number of hydrogen-bond donors (Lipinski definition) is 1. The molecule has 6 aromatic rings. The molecule has 0 fully saturated rings. The topological polar surface area (TPSA) is 138 Å². The number of benzene rings is 3. The van der Waals surface area contributed by atoms with Crippen molar-refractivity contribution in [2.45, 2.75) is 56.7 Å². The molecular formula is C39H33F6N3O6S2. The number of aromatic nitrogens is 3. The summed E-state index contributed by atoms with van der Waals surface area (Å²) in [7, 11) is -12.2. The molecule has 0 saturated carbocycles. The number of rotatable bonds is 2. The van der Waals surface area contributed by atoms with Gasteiger partial charge in [-0.25, -0.2) is 16.8 Å². The fourth-order valence-corrected chi connectivity index (χ4v) is 7.13. The first-order chi connectivity index (χ1) is 26.3. The van der Waals surface area contributed by atoms with Crippen LogP contribution in [0, 0.1) is 6.92 Å². The van der Waals surface area contributed by atoms with Gasteiger partial charge in [-0.3, -0.25) is 0 Å².